The molecular formula is C17H25N3OS. The number of aryl methyl sites for hydroxylation is 1. The number of carbonyl (C=O) groups excluding carboxylic acids is 1. The van der Waals surface area contributed by atoms with Crippen LogP contribution >= 0.6 is 12.2 Å². The molecule has 1 aliphatic heterocycles. The van der Waals surface area contributed by atoms with Crippen molar-refractivity contribution in [2.24, 2.45) is 0 Å². The largest absolute Gasteiger partial charge is 0.362 e. The third-order valence-corrected chi connectivity index (χ3v) is 4.13. The summed E-state index contributed by atoms with van der Waals surface area (Å²) in [6.07, 6.45) is 5.16. The van der Waals surface area contributed by atoms with Crippen LogP contribution in [0.3, 0.4) is 0 Å². The molecule has 1 saturated heterocycles. The van der Waals surface area contributed by atoms with Crippen LogP contribution in [-0.2, 0) is 4.79 Å². The van der Waals surface area contributed by atoms with Crippen molar-refractivity contribution in [3.63, 3.8) is 0 Å². The first kappa shape index (κ1) is 16.7. The molecule has 2 rings (SSSR count). The summed E-state index contributed by atoms with van der Waals surface area (Å²) in [6, 6.07) is 6.02. The topological polar surface area (TPSA) is 44.4 Å². The summed E-state index contributed by atoms with van der Waals surface area (Å²) in [4.78, 5) is 13.7. The lowest BCUT2D eigenvalue weighted by Crippen LogP contribution is -2.29. The molecule has 0 radical (unpaired) electrons. The quantitative estimate of drug-likeness (QED) is 0.621. The van der Waals surface area contributed by atoms with Gasteiger partial charge in [0.05, 0.1) is 0 Å². The number of anilines is 2. The Kier molecular flexibility index (Phi) is 6.19. The maximum absolute atomic E-state index is 11.8. The van der Waals surface area contributed by atoms with Gasteiger partial charge in [0.25, 0.3) is 0 Å². The summed E-state index contributed by atoms with van der Waals surface area (Å²) in [6.45, 7) is 5.94. The fourth-order valence-corrected chi connectivity index (χ4v) is 2.91. The molecule has 0 aliphatic carbocycles. The van der Waals surface area contributed by atoms with E-state index in [0.29, 0.717) is 11.5 Å². The summed E-state index contributed by atoms with van der Waals surface area (Å²) in [5.74, 6) is 0.219. The standard InChI is InChI=1S/C17H25N3OS/c1-3-4-5-10-18-17(22)19-14-8-9-15(13(2)12-14)20-11-6-7-16(20)21/h8-9,12H,3-7,10-11H2,1-2H3,(H2,18,19,22). The summed E-state index contributed by atoms with van der Waals surface area (Å²) in [5.41, 5.74) is 3.06. The van der Waals surface area contributed by atoms with Crippen LogP contribution in [0.25, 0.3) is 0 Å². The molecular weight excluding hydrogens is 294 g/mol. The number of benzene rings is 1. The zero-order chi connectivity index (χ0) is 15.9. The molecule has 120 valence electrons. The molecule has 22 heavy (non-hydrogen) atoms. The van der Waals surface area contributed by atoms with Crippen molar-refractivity contribution >= 4 is 34.6 Å². The number of unbranched alkanes of at least 4 members (excludes halogenated alkanes) is 2. The first-order valence-corrected chi connectivity index (χ1v) is 8.48. The van der Waals surface area contributed by atoms with Gasteiger partial charge in [-0.25, -0.2) is 0 Å². The second kappa shape index (κ2) is 8.13. The number of hydrogen-bond acceptors (Lipinski definition) is 2. The third-order valence-electron chi connectivity index (χ3n) is 3.88. The average molecular weight is 319 g/mol. The van der Waals surface area contributed by atoms with E-state index in [0.717, 1.165) is 42.9 Å². The second-order valence-electron chi connectivity index (χ2n) is 5.74. The fourth-order valence-electron chi connectivity index (χ4n) is 2.69. The molecule has 0 aromatic heterocycles. The molecule has 1 fully saturated rings. The van der Waals surface area contributed by atoms with Gasteiger partial charge >= 0.3 is 0 Å². The predicted octanol–water partition coefficient (Wildman–Crippen LogP) is 3.60. The van der Waals surface area contributed by atoms with E-state index in [1.807, 2.05) is 30.0 Å². The van der Waals surface area contributed by atoms with Crippen molar-refractivity contribution in [2.45, 2.75) is 46.0 Å². The smallest absolute Gasteiger partial charge is 0.227 e. The molecule has 0 saturated carbocycles. The summed E-state index contributed by atoms with van der Waals surface area (Å²) in [7, 11) is 0. The Balaban J connectivity index is 1.92. The number of carbonyl (C=O) groups is 1. The van der Waals surface area contributed by atoms with Gasteiger partial charge in [-0.3, -0.25) is 4.79 Å². The lowest BCUT2D eigenvalue weighted by molar-refractivity contribution is -0.117. The van der Waals surface area contributed by atoms with E-state index >= 15 is 0 Å². The number of nitrogens with zero attached hydrogens (tertiary/aromatic N) is 1. The molecule has 5 heteroatoms. The zero-order valence-electron chi connectivity index (χ0n) is 13.4. The summed E-state index contributed by atoms with van der Waals surface area (Å²) in [5, 5.41) is 7.08. The third kappa shape index (κ3) is 4.44. The van der Waals surface area contributed by atoms with Gasteiger partial charge in [-0.1, -0.05) is 19.8 Å². The molecule has 1 aliphatic rings. The maximum Gasteiger partial charge on any atom is 0.227 e. The van der Waals surface area contributed by atoms with Gasteiger partial charge in [0, 0.05) is 30.9 Å². The monoisotopic (exact) mass is 319 g/mol. The molecule has 0 unspecified atom stereocenters. The van der Waals surface area contributed by atoms with E-state index < -0.39 is 0 Å². The van der Waals surface area contributed by atoms with Crippen LogP contribution in [0.5, 0.6) is 0 Å². The fraction of sp³-hybridized carbons (Fsp3) is 0.529. The minimum atomic E-state index is 0.219. The molecule has 0 spiro atoms. The van der Waals surface area contributed by atoms with Crippen LogP contribution in [0.2, 0.25) is 0 Å². The van der Waals surface area contributed by atoms with Gasteiger partial charge in [0.1, 0.15) is 0 Å². The molecule has 0 bridgehead atoms. The Bertz CT molecular complexity index is 545. The molecule has 4 nitrogen and oxygen atoms in total. The van der Waals surface area contributed by atoms with Crippen LogP contribution in [0, 0.1) is 6.92 Å². The van der Waals surface area contributed by atoms with E-state index in [-0.39, 0.29) is 5.91 Å². The second-order valence-corrected chi connectivity index (χ2v) is 6.15. The van der Waals surface area contributed by atoms with Gasteiger partial charge in [0.15, 0.2) is 5.11 Å². The van der Waals surface area contributed by atoms with Gasteiger partial charge in [-0.15, -0.1) is 0 Å². The van der Waals surface area contributed by atoms with Gasteiger partial charge < -0.3 is 15.5 Å². The van der Waals surface area contributed by atoms with Crippen molar-refractivity contribution in [2.75, 3.05) is 23.3 Å². The first-order valence-electron chi connectivity index (χ1n) is 8.07. The van der Waals surface area contributed by atoms with Gasteiger partial charge in [-0.2, -0.15) is 0 Å². The van der Waals surface area contributed by atoms with Gasteiger partial charge in [-0.05, 0) is 55.7 Å². The van der Waals surface area contributed by atoms with Crippen LogP contribution in [-0.4, -0.2) is 24.1 Å². The predicted molar refractivity (Wildman–Crippen MR) is 96.5 cm³/mol. The maximum atomic E-state index is 11.8. The highest BCUT2D eigenvalue weighted by atomic mass is 32.1. The number of nitrogens with one attached hydrogen (secondary N) is 2. The summed E-state index contributed by atoms with van der Waals surface area (Å²) < 4.78 is 0. The number of hydrogen-bond donors (Lipinski definition) is 2. The van der Waals surface area contributed by atoms with Gasteiger partial charge in [0.2, 0.25) is 5.91 Å². The molecule has 0 atom stereocenters. The van der Waals surface area contributed by atoms with E-state index in [9.17, 15) is 4.79 Å². The Morgan fingerprint density at radius 1 is 1.36 bits per heavy atom. The average Bonchev–Trinajstić information content (AvgIpc) is 2.90. The highest BCUT2D eigenvalue weighted by Crippen LogP contribution is 2.27. The normalized spacial score (nSPS) is 14.3. The molecule has 1 heterocycles. The summed E-state index contributed by atoms with van der Waals surface area (Å²) >= 11 is 5.30. The lowest BCUT2D eigenvalue weighted by atomic mass is 10.1. The minimum absolute atomic E-state index is 0.219. The van der Waals surface area contributed by atoms with E-state index in [2.05, 4.69) is 17.6 Å². The highest BCUT2D eigenvalue weighted by Gasteiger charge is 2.22. The van der Waals surface area contributed by atoms with Crippen LogP contribution in [0.1, 0.15) is 44.6 Å². The highest BCUT2D eigenvalue weighted by molar-refractivity contribution is 7.80. The number of amides is 1. The van der Waals surface area contributed by atoms with Crippen molar-refractivity contribution in [3.05, 3.63) is 23.8 Å². The Hall–Kier alpha value is -1.62. The number of thiocarbonyl (C=S) groups is 1. The SMILES string of the molecule is CCCCCNC(=S)Nc1ccc(N2CCCC2=O)c(C)c1. The molecule has 1 amide bonds. The Morgan fingerprint density at radius 3 is 2.82 bits per heavy atom. The van der Waals surface area contributed by atoms with Crippen LogP contribution in [0.4, 0.5) is 11.4 Å². The van der Waals surface area contributed by atoms with Crippen molar-refractivity contribution < 1.29 is 4.79 Å². The number of rotatable bonds is 6. The first-order chi connectivity index (χ1) is 10.6. The van der Waals surface area contributed by atoms with Crippen molar-refractivity contribution in [1.29, 1.82) is 0 Å². The Morgan fingerprint density at radius 2 is 2.18 bits per heavy atom. The molecule has 1 aromatic carbocycles. The van der Waals surface area contributed by atoms with Crippen molar-refractivity contribution in [1.82, 2.24) is 5.32 Å². The van der Waals surface area contributed by atoms with Crippen molar-refractivity contribution in [3.8, 4) is 0 Å². The molecule has 2 N–H and O–H groups in total. The van der Waals surface area contributed by atoms with Crippen LogP contribution < -0.4 is 15.5 Å². The van der Waals surface area contributed by atoms with E-state index in [1.165, 1.54) is 12.8 Å². The molecule has 1 aromatic rings. The lowest BCUT2D eigenvalue weighted by Gasteiger charge is -2.19. The minimum Gasteiger partial charge on any atom is -0.362 e. The van der Waals surface area contributed by atoms with E-state index in [1.54, 1.807) is 0 Å². The zero-order valence-corrected chi connectivity index (χ0v) is 14.3. The van der Waals surface area contributed by atoms with E-state index in [4.69, 9.17) is 12.2 Å². The van der Waals surface area contributed by atoms with Crippen LogP contribution in [0.15, 0.2) is 18.2 Å². The Labute approximate surface area is 138 Å².